The Hall–Kier alpha value is -1.59. The molecule has 0 fully saturated rings. The Morgan fingerprint density at radius 2 is 2.29 bits per heavy atom. The first-order valence-corrected chi connectivity index (χ1v) is 7.56. The summed E-state index contributed by atoms with van der Waals surface area (Å²) in [5.41, 5.74) is 2.04. The predicted octanol–water partition coefficient (Wildman–Crippen LogP) is 1.56. The summed E-state index contributed by atoms with van der Waals surface area (Å²) in [5, 5.41) is 15.1. The fourth-order valence-electron chi connectivity index (χ4n) is 2.24. The molecule has 1 amide bonds. The predicted molar refractivity (Wildman–Crippen MR) is 82.6 cm³/mol. The summed E-state index contributed by atoms with van der Waals surface area (Å²) in [4.78, 5) is 11.4. The zero-order valence-corrected chi connectivity index (χ0v) is 12.5. The number of amides is 1. The highest BCUT2D eigenvalue weighted by Gasteiger charge is 2.14. The first-order chi connectivity index (χ1) is 10.2. The molecule has 2 rings (SSSR count). The Labute approximate surface area is 125 Å². The van der Waals surface area contributed by atoms with Crippen LogP contribution in [-0.2, 0) is 11.2 Å². The number of aryl methyl sites for hydroxylation is 1. The second-order valence-corrected chi connectivity index (χ2v) is 5.56. The van der Waals surface area contributed by atoms with Crippen LogP contribution in [0.15, 0.2) is 18.2 Å². The summed E-state index contributed by atoms with van der Waals surface area (Å²) in [5.74, 6) is 1.15. The lowest BCUT2D eigenvalue weighted by Crippen LogP contribution is -2.25. The number of carbonyl (C=O) groups is 1. The lowest BCUT2D eigenvalue weighted by atomic mass is 10.0. The average molecular weight is 292 g/mol. The Balaban J connectivity index is 1.69. The number of aliphatic hydroxyl groups is 1. The molecule has 5 heteroatoms. The SMILES string of the molecule is CC(CO)CNCCCOc1ccc2c(c1)NC(=O)CC2. The van der Waals surface area contributed by atoms with Crippen LogP contribution in [0.1, 0.15) is 25.3 Å². The van der Waals surface area contributed by atoms with Crippen LogP contribution >= 0.6 is 0 Å². The van der Waals surface area contributed by atoms with Crippen molar-refractivity contribution in [1.82, 2.24) is 5.32 Å². The van der Waals surface area contributed by atoms with E-state index in [2.05, 4.69) is 10.6 Å². The van der Waals surface area contributed by atoms with Crippen molar-refractivity contribution in [1.29, 1.82) is 0 Å². The van der Waals surface area contributed by atoms with E-state index < -0.39 is 0 Å². The highest BCUT2D eigenvalue weighted by atomic mass is 16.5. The van der Waals surface area contributed by atoms with Gasteiger partial charge in [-0.05, 0) is 43.5 Å². The number of benzene rings is 1. The van der Waals surface area contributed by atoms with E-state index in [-0.39, 0.29) is 18.4 Å². The third-order valence-corrected chi connectivity index (χ3v) is 3.55. The van der Waals surface area contributed by atoms with E-state index in [0.717, 1.165) is 37.4 Å². The Bertz CT molecular complexity index is 477. The number of hydrogen-bond acceptors (Lipinski definition) is 4. The number of ether oxygens (including phenoxy) is 1. The molecule has 1 aliphatic rings. The van der Waals surface area contributed by atoms with Gasteiger partial charge in [0.2, 0.25) is 5.91 Å². The van der Waals surface area contributed by atoms with E-state index in [4.69, 9.17) is 9.84 Å². The molecule has 0 bridgehead atoms. The molecular weight excluding hydrogens is 268 g/mol. The summed E-state index contributed by atoms with van der Waals surface area (Å²) in [6, 6.07) is 5.87. The Morgan fingerprint density at radius 1 is 1.43 bits per heavy atom. The van der Waals surface area contributed by atoms with Crippen LogP contribution in [0.2, 0.25) is 0 Å². The Morgan fingerprint density at radius 3 is 3.10 bits per heavy atom. The van der Waals surface area contributed by atoms with Crippen LogP contribution in [0.3, 0.4) is 0 Å². The van der Waals surface area contributed by atoms with Gasteiger partial charge in [-0.2, -0.15) is 0 Å². The molecule has 1 aromatic rings. The summed E-state index contributed by atoms with van der Waals surface area (Å²) in [7, 11) is 0. The van der Waals surface area contributed by atoms with E-state index in [0.29, 0.717) is 13.0 Å². The molecule has 1 atom stereocenters. The number of anilines is 1. The van der Waals surface area contributed by atoms with Crippen molar-refractivity contribution >= 4 is 11.6 Å². The maximum atomic E-state index is 11.4. The van der Waals surface area contributed by atoms with Gasteiger partial charge >= 0.3 is 0 Å². The first-order valence-electron chi connectivity index (χ1n) is 7.56. The van der Waals surface area contributed by atoms with Crippen LogP contribution in [0.25, 0.3) is 0 Å². The number of fused-ring (bicyclic) bond motifs is 1. The number of aliphatic hydroxyl groups excluding tert-OH is 1. The summed E-state index contributed by atoms with van der Waals surface area (Å²) in [6.45, 7) is 4.54. The highest BCUT2D eigenvalue weighted by molar-refractivity contribution is 5.94. The van der Waals surface area contributed by atoms with Crippen molar-refractivity contribution in [2.45, 2.75) is 26.2 Å². The van der Waals surface area contributed by atoms with Crippen LogP contribution in [0.4, 0.5) is 5.69 Å². The Kier molecular flexibility index (Phi) is 6.02. The van der Waals surface area contributed by atoms with Gasteiger partial charge in [-0.25, -0.2) is 0 Å². The summed E-state index contributed by atoms with van der Waals surface area (Å²) >= 11 is 0. The zero-order valence-electron chi connectivity index (χ0n) is 12.5. The van der Waals surface area contributed by atoms with Crippen molar-refractivity contribution in [3.8, 4) is 5.75 Å². The van der Waals surface area contributed by atoms with E-state index in [9.17, 15) is 4.79 Å². The zero-order chi connectivity index (χ0) is 15.1. The lowest BCUT2D eigenvalue weighted by molar-refractivity contribution is -0.116. The minimum Gasteiger partial charge on any atom is -0.493 e. The number of rotatable bonds is 8. The third kappa shape index (κ3) is 5.02. The standard InChI is InChI=1S/C16H24N2O3/c1-12(11-19)10-17-7-2-8-21-14-5-3-13-4-6-16(20)18-15(13)9-14/h3,5,9,12,17,19H,2,4,6-8,10-11H2,1H3,(H,18,20). The van der Waals surface area contributed by atoms with Gasteiger partial charge in [-0.1, -0.05) is 13.0 Å². The van der Waals surface area contributed by atoms with Gasteiger partial charge in [0.1, 0.15) is 5.75 Å². The van der Waals surface area contributed by atoms with Gasteiger partial charge in [0.25, 0.3) is 0 Å². The lowest BCUT2D eigenvalue weighted by Gasteiger charge is -2.17. The molecule has 0 saturated carbocycles. The second kappa shape index (κ2) is 8.00. The van der Waals surface area contributed by atoms with Crippen molar-refractivity contribution in [2.24, 2.45) is 5.92 Å². The molecule has 0 saturated heterocycles. The van der Waals surface area contributed by atoms with E-state index in [1.165, 1.54) is 5.56 Å². The molecule has 1 heterocycles. The van der Waals surface area contributed by atoms with E-state index >= 15 is 0 Å². The molecule has 116 valence electrons. The fourth-order valence-corrected chi connectivity index (χ4v) is 2.24. The number of hydrogen-bond donors (Lipinski definition) is 3. The average Bonchev–Trinajstić information content (AvgIpc) is 2.49. The summed E-state index contributed by atoms with van der Waals surface area (Å²) in [6.07, 6.45) is 2.27. The molecule has 5 nitrogen and oxygen atoms in total. The molecule has 1 unspecified atom stereocenters. The molecule has 1 aliphatic heterocycles. The molecule has 21 heavy (non-hydrogen) atoms. The third-order valence-electron chi connectivity index (χ3n) is 3.55. The van der Waals surface area contributed by atoms with E-state index in [1.807, 2.05) is 25.1 Å². The normalized spacial score (nSPS) is 15.2. The smallest absolute Gasteiger partial charge is 0.224 e. The monoisotopic (exact) mass is 292 g/mol. The summed E-state index contributed by atoms with van der Waals surface area (Å²) < 4.78 is 5.70. The second-order valence-electron chi connectivity index (χ2n) is 5.56. The topological polar surface area (TPSA) is 70.6 Å². The fraction of sp³-hybridized carbons (Fsp3) is 0.562. The number of carbonyl (C=O) groups excluding carboxylic acids is 1. The molecule has 3 N–H and O–H groups in total. The quantitative estimate of drug-likeness (QED) is 0.636. The minimum atomic E-state index is 0.0712. The highest BCUT2D eigenvalue weighted by Crippen LogP contribution is 2.27. The van der Waals surface area contributed by atoms with E-state index in [1.54, 1.807) is 0 Å². The molecule has 1 aromatic carbocycles. The van der Waals surface area contributed by atoms with Gasteiger partial charge < -0.3 is 20.5 Å². The van der Waals surface area contributed by atoms with Crippen molar-refractivity contribution in [3.63, 3.8) is 0 Å². The van der Waals surface area contributed by atoms with Crippen LogP contribution < -0.4 is 15.4 Å². The minimum absolute atomic E-state index is 0.0712. The van der Waals surface area contributed by atoms with Crippen LogP contribution in [0.5, 0.6) is 5.75 Å². The van der Waals surface area contributed by atoms with Crippen LogP contribution in [-0.4, -0.2) is 37.3 Å². The van der Waals surface area contributed by atoms with Gasteiger partial charge in [0.15, 0.2) is 0 Å². The maximum absolute atomic E-state index is 11.4. The van der Waals surface area contributed by atoms with Gasteiger partial charge in [-0.3, -0.25) is 4.79 Å². The maximum Gasteiger partial charge on any atom is 0.224 e. The number of nitrogens with one attached hydrogen (secondary N) is 2. The molecular formula is C16H24N2O3. The molecule has 0 spiro atoms. The first kappa shape index (κ1) is 15.8. The van der Waals surface area contributed by atoms with Crippen molar-refractivity contribution < 1.29 is 14.6 Å². The largest absolute Gasteiger partial charge is 0.493 e. The van der Waals surface area contributed by atoms with Crippen molar-refractivity contribution in [2.75, 3.05) is 31.6 Å². The van der Waals surface area contributed by atoms with Gasteiger partial charge in [0.05, 0.1) is 6.61 Å². The molecule has 0 aromatic heterocycles. The van der Waals surface area contributed by atoms with Gasteiger partial charge in [-0.15, -0.1) is 0 Å². The van der Waals surface area contributed by atoms with Crippen molar-refractivity contribution in [3.05, 3.63) is 23.8 Å². The van der Waals surface area contributed by atoms with Gasteiger partial charge in [0, 0.05) is 24.8 Å². The van der Waals surface area contributed by atoms with Crippen LogP contribution in [0, 0.1) is 5.92 Å². The molecule has 0 radical (unpaired) electrons. The molecule has 0 aliphatic carbocycles.